The summed E-state index contributed by atoms with van der Waals surface area (Å²) in [5.41, 5.74) is 0.706. The molecule has 1 heterocycles. The van der Waals surface area contributed by atoms with Gasteiger partial charge in [0.1, 0.15) is 11.9 Å². The molecule has 118 valence electrons. The quantitative estimate of drug-likeness (QED) is 0.670. The van der Waals surface area contributed by atoms with Crippen molar-refractivity contribution in [1.29, 1.82) is 0 Å². The van der Waals surface area contributed by atoms with Crippen molar-refractivity contribution >= 4 is 5.91 Å². The lowest BCUT2D eigenvalue weighted by Gasteiger charge is -2.05. The van der Waals surface area contributed by atoms with Crippen LogP contribution in [0.25, 0.3) is 0 Å². The maximum Gasteiger partial charge on any atom is 0.216 e. The van der Waals surface area contributed by atoms with Crippen molar-refractivity contribution in [3.63, 3.8) is 0 Å². The molecule has 2 aromatic rings. The van der Waals surface area contributed by atoms with E-state index in [0.29, 0.717) is 30.9 Å². The molecule has 7 nitrogen and oxygen atoms in total. The van der Waals surface area contributed by atoms with E-state index in [0.717, 1.165) is 0 Å². The molecule has 0 aliphatic rings. The number of carbonyl (C=O) groups excluding carboxylic acids is 1. The van der Waals surface area contributed by atoms with Crippen LogP contribution in [0.4, 0.5) is 0 Å². The Hall–Kier alpha value is -2.25. The van der Waals surface area contributed by atoms with Gasteiger partial charge >= 0.3 is 0 Å². The summed E-state index contributed by atoms with van der Waals surface area (Å²) in [6, 6.07) is 9.14. The lowest BCUT2D eigenvalue weighted by Crippen LogP contribution is -2.24. The zero-order valence-corrected chi connectivity index (χ0v) is 12.4. The molecular weight excluding hydrogens is 284 g/mol. The van der Waals surface area contributed by atoms with Gasteiger partial charge in [-0.15, -0.1) is 0 Å². The minimum absolute atomic E-state index is 0.0721. The van der Waals surface area contributed by atoms with Gasteiger partial charge in [-0.05, 0) is 5.56 Å². The van der Waals surface area contributed by atoms with E-state index in [1.165, 1.54) is 6.92 Å². The van der Waals surface area contributed by atoms with E-state index >= 15 is 0 Å². The van der Waals surface area contributed by atoms with E-state index in [-0.39, 0.29) is 18.3 Å². The molecular formula is C15H20N4O3. The van der Waals surface area contributed by atoms with E-state index in [9.17, 15) is 9.90 Å². The molecule has 0 aliphatic heterocycles. The second kappa shape index (κ2) is 7.67. The molecule has 22 heavy (non-hydrogen) atoms. The number of amides is 1. The lowest BCUT2D eigenvalue weighted by molar-refractivity contribution is -0.118. The van der Waals surface area contributed by atoms with E-state index in [1.54, 1.807) is 16.8 Å². The first-order valence-electron chi connectivity index (χ1n) is 7.13. The highest BCUT2D eigenvalue weighted by Gasteiger charge is 2.18. The molecule has 0 unspecified atom stereocenters. The third-order valence-corrected chi connectivity index (χ3v) is 3.16. The molecule has 1 aromatic heterocycles. The molecule has 0 saturated carbocycles. The van der Waals surface area contributed by atoms with E-state index in [1.807, 2.05) is 18.2 Å². The van der Waals surface area contributed by atoms with Gasteiger partial charge in [-0.3, -0.25) is 4.79 Å². The van der Waals surface area contributed by atoms with Crippen molar-refractivity contribution in [3.05, 3.63) is 47.5 Å². The smallest absolute Gasteiger partial charge is 0.216 e. The van der Waals surface area contributed by atoms with Gasteiger partial charge in [-0.1, -0.05) is 30.3 Å². The Balaban J connectivity index is 2.16. The second-order valence-corrected chi connectivity index (χ2v) is 4.88. The van der Waals surface area contributed by atoms with E-state index < -0.39 is 6.10 Å². The predicted octanol–water partition coefficient (Wildman–Crippen LogP) is 0.0307. The lowest BCUT2D eigenvalue weighted by atomic mass is 10.1. The molecule has 1 atom stereocenters. The Kier molecular flexibility index (Phi) is 5.62. The first-order valence-corrected chi connectivity index (χ1v) is 7.13. The summed E-state index contributed by atoms with van der Waals surface area (Å²) in [6.07, 6.45) is -0.436. The Morgan fingerprint density at radius 2 is 2.09 bits per heavy atom. The fourth-order valence-corrected chi connectivity index (χ4v) is 2.10. The number of nitrogens with zero attached hydrogens (tertiary/aromatic N) is 3. The summed E-state index contributed by atoms with van der Waals surface area (Å²) in [5, 5.41) is 26.4. The average Bonchev–Trinajstić information content (AvgIpc) is 2.91. The predicted molar refractivity (Wildman–Crippen MR) is 80.0 cm³/mol. The van der Waals surface area contributed by atoms with Gasteiger partial charge in [-0.2, -0.15) is 5.10 Å². The number of aliphatic hydroxyl groups excluding tert-OH is 2. The van der Waals surface area contributed by atoms with Crippen LogP contribution < -0.4 is 5.32 Å². The Bertz CT molecular complexity index is 613. The van der Waals surface area contributed by atoms with Crippen molar-refractivity contribution in [2.45, 2.75) is 26.0 Å². The van der Waals surface area contributed by atoms with Crippen LogP contribution in [-0.2, 0) is 17.8 Å². The molecule has 1 aromatic carbocycles. The van der Waals surface area contributed by atoms with Gasteiger partial charge in [0.15, 0.2) is 5.82 Å². The molecule has 1 amide bonds. The zero-order valence-electron chi connectivity index (χ0n) is 12.4. The average molecular weight is 304 g/mol. The van der Waals surface area contributed by atoms with Gasteiger partial charge in [0.2, 0.25) is 5.91 Å². The van der Waals surface area contributed by atoms with Gasteiger partial charge in [0.25, 0.3) is 0 Å². The number of rotatable bonds is 7. The first-order chi connectivity index (χ1) is 10.6. The SMILES string of the molecule is CC(=O)NCCc1nc([C@H](O)c2ccccc2)nn1CCO. The van der Waals surface area contributed by atoms with Gasteiger partial charge in [-0.25, -0.2) is 9.67 Å². The maximum atomic E-state index is 10.9. The fourth-order valence-electron chi connectivity index (χ4n) is 2.10. The number of aliphatic hydroxyl groups is 2. The number of hydrogen-bond acceptors (Lipinski definition) is 5. The number of carbonyl (C=O) groups is 1. The normalized spacial score (nSPS) is 12.1. The number of hydrogen-bond donors (Lipinski definition) is 3. The molecule has 3 N–H and O–H groups in total. The van der Waals surface area contributed by atoms with Crippen molar-refractivity contribution in [1.82, 2.24) is 20.1 Å². The standard InChI is InChI=1S/C15H20N4O3/c1-11(21)16-8-7-13-17-15(18-19(13)9-10-20)14(22)12-5-3-2-4-6-12/h2-6,14,20,22H,7-10H2,1H3,(H,16,21)/t14-/m1/s1. The first kappa shape index (κ1) is 16.1. The van der Waals surface area contributed by atoms with E-state index in [2.05, 4.69) is 15.4 Å². The highest BCUT2D eigenvalue weighted by molar-refractivity contribution is 5.72. The van der Waals surface area contributed by atoms with Crippen LogP contribution in [0.5, 0.6) is 0 Å². The van der Waals surface area contributed by atoms with Crippen LogP contribution in [-0.4, -0.2) is 44.0 Å². The van der Waals surface area contributed by atoms with Crippen molar-refractivity contribution in [3.8, 4) is 0 Å². The van der Waals surface area contributed by atoms with Gasteiger partial charge in [0.05, 0.1) is 13.2 Å². The third-order valence-electron chi connectivity index (χ3n) is 3.16. The molecule has 0 fully saturated rings. The zero-order chi connectivity index (χ0) is 15.9. The third kappa shape index (κ3) is 4.12. The van der Waals surface area contributed by atoms with Crippen LogP contribution in [0.15, 0.2) is 30.3 Å². The van der Waals surface area contributed by atoms with Crippen LogP contribution in [0.2, 0.25) is 0 Å². The van der Waals surface area contributed by atoms with Crippen molar-refractivity contribution < 1.29 is 15.0 Å². The van der Waals surface area contributed by atoms with E-state index in [4.69, 9.17) is 5.11 Å². The largest absolute Gasteiger partial charge is 0.394 e. The fraction of sp³-hybridized carbons (Fsp3) is 0.400. The molecule has 0 saturated heterocycles. The Morgan fingerprint density at radius 1 is 1.36 bits per heavy atom. The topological polar surface area (TPSA) is 100 Å². The minimum atomic E-state index is -0.916. The summed E-state index contributed by atoms with van der Waals surface area (Å²) in [5.74, 6) is 0.794. The summed E-state index contributed by atoms with van der Waals surface area (Å²) >= 11 is 0. The van der Waals surface area contributed by atoms with Crippen LogP contribution in [0, 0.1) is 0 Å². The highest BCUT2D eigenvalue weighted by atomic mass is 16.3. The van der Waals surface area contributed by atoms with Crippen molar-refractivity contribution in [2.75, 3.05) is 13.2 Å². The Morgan fingerprint density at radius 3 is 2.73 bits per heavy atom. The van der Waals surface area contributed by atoms with Gasteiger partial charge in [0, 0.05) is 19.9 Å². The molecule has 2 rings (SSSR count). The van der Waals surface area contributed by atoms with Crippen LogP contribution in [0.3, 0.4) is 0 Å². The Labute approximate surface area is 128 Å². The van der Waals surface area contributed by atoms with Crippen LogP contribution in [0.1, 0.15) is 30.2 Å². The summed E-state index contributed by atoms with van der Waals surface area (Å²) in [6.45, 7) is 2.10. The summed E-state index contributed by atoms with van der Waals surface area (Å²) in [7, 11) is 0. The highest BCUT2D eigenvalue weighted by Crippen LogP contribution is 2.19. The summed E-state index contributed by atoms with van der Waals surface area (Å²) < 4.78 is 1.56. The molecule has 0 radical (unpaired) electrons. The molecule has 7 heteroatoms. The number of aromatic nitrogens is 3. The minimum Gasteiger partial charge on any atom is -0.394 e. The number of nitrogens with one attached hydrogen (secondary N) is 1. The van der Waals surface area contributed by atoms with Crippen molar-refractivity contribution in [2.24, 2.45) is 0 Å². The van der Waals surface area contributed by atoms with Gasteiger partial charge < -0.3 is 15.5 Å². The maximum absolute atomic E-state index is 10.9. The monoisotopic (exact) mass is 304 g/mol. The van der Waals surface area contributed by atoms with Crippen LogP contribution >= 0.6 is 0 Å². The molecule has 0 spiro atoms. The molecule has 0 bridgehead atoms. The number of benzene rings is 1. The second-order valence-electron chi connectivity index (χ2n) is 4.88. The summed E-state index contributed by atoms with van der Waals surface area (Å²) in [4.78, 5) is 15.3. The molecule has 0 aliphatic carbocycles.